The first-order valence-corrected chi connectivity index (χ1v) is 12.7. The Bertz CT molecular complexity index is 1430. The van der Waals surface area contributed by atoms with Crippen LogP contribution in [0.4, 0.5) is 23.2 Å². The Kier molecular flexibility index (Phi) is 7.30. The molecular weight excluding hydrogens is 540 g/mol. The summed E-state index contributed by atoms with van der Waals surface area (Å²) in [5.74, 6) is -3.42. The molecule has 2 aliphatic rings. The number of carbonyl (C=O) groups excluding carboxylic acids is 2. The summed E-state index contributed by atoms with van der Waals surface area (Å²) in [5, 5.41) is 14.3. The number of anilines is 1. The zero-order valence-electron chi connectivity index (χ0n) is 20.4. The van der Waals surface area contributed by atoms with Crippen LogP contribution in [-0.4, -0.2) is 39.5 Å². The minimum Gasteiger partial charge on any atom is -0.371 e. The van der Waals surface area contributed by atoms with Gasteiger partial charge in [0.05, 0.1) is 28.0 Å². The maximum Gasteiger partial charge on any atom is 0.281 e. The third-order valence-electron chi connectivity index (χ3n) is 7.32. The average molecular weight is 563 g/mol. The van der Waals surface area contributed by atoms with Crippen molar-refractivity contribution in [3.05, 3.63) is 88.0 Å². The maximum atomic E-state index is 15.0. The number of carbonyl (C=O) groups is 2. The number of halogens is 5. The van der Waals surface area contributed by atoms with E-state index in [0.717, 1.165) is 30.6 Å². The van der Waals surface area contributed by atoms with Crippen LogP contribution in [0.1, 0.15) is 59.3 Å². The first kappa shape index (κ1) is 27.0. The summed E-state index contributed by atoms with van der Waals surface area (Å²) >= 11 is 5.85. The van der Waals surface area contributed by atoms with Crippen LogP contribution < -0.4 is 10.2 Å². The van der Waals surface area contributed by atoms with Crippen LogP contribution in [0.15, 0.2) is 48.9 Å². The van der Waals surface area contributed by atoms with Gasteiger partial charge in [-0.05, 0) is 55.9 Å². The van der Waals surface area contributed by atoms with E-state index >= 15 is 0 Å². The Morgan fingerprint density at radius 2 is 1.90 bits per heavy atom. The third kappa shape index (κ3) is 4.85. The van der Waals surface area contributed by atoms with Crippen molar-refractivity contribution in [1.82, 2.24) is 15.3 Å². The largest absolute Gasteiger partial charge is 0.371 e. The molecule has 0 saturated heterocycles. The van der Waals surface area contributed by atoms with Gasteiger partial charge in [0, 0.05) is 30.5 Å². The van der Waals surface area contributed by atoms with Gasteiger partial charge in [0.1, 0.15) is 17.3 Å². The Balaban J connectivity index is 1.30. The number of alkyl halides is 2. The highest BCUT2D eigenvalue weighted by Gasteiger charge is 2.54. The molecule has 2 N–H and O–H groups in total. The Hall–Kier alpha value is -3.57. The second-order valence-corrected chi connectivity index (χ2v) is 10.1. The molecule has 1 unspecified atom stereocenters. The van der Waals surface area contributed by atoms with E-state index in [1.54, 1.807) is 0 Å². The molecule has 1 aliphatic heterocycles. The van der Waals surface area contributed by atoms with Gasteiger partial charge in [0.2, 0.25) is 5.60 Å². The van der Waals surface area contributed by atoms with E-state index in [4.69, 9.17) is 11.6 Å². The van der Waals surface area contributed by atoms with E-state index in [1.807, 2.05) is 0 Å². The van der Waals surface area contributed by atoms with Crippen molar-refractivity contribution in [2.75, 3.05) is 11.4 Å². The lowest BCUT2D eigenvalue weighted by molar-refractivity contribution is -0.132. The van der Waals surface area contributed by atoms with E-state index in [1.165, 1.54) is 23.2 Å². The van der Waals surface area contributed by atoms with Crippen LogP contribution in [0.3, 0.4) is 0 Å². The van der Waals surface area contributed by atoms with Gasteiger partial charge in [0.25, 0.3) is 18.2 Å². The number of benzene rings is 1. The van der Waals surface area contributed by atoms with Gasteiger partial charge in [-0.15, -0.1) is 0 Å². The molecule has 1 saturated carbocycles. The molecule has 5 rings (SSSR count). The Morgan fingerprint density at radius 3 is 2.59 bits per heavy atom. The van der Waals surface area contributed by atoms with E-state index < -0.39 is 41.2 Å². The molecule has 1 fully saturated rings. The average Bonchev–Trinajstić information content (AvgIpc) is 3.13. The second kappa shape index (κ2) is 10.5. The smallest absolute Gasteiger partial charge is 0.281 e. The van der Waals surface area contributed by atoms with Crippen molar-refractivity contribution in [1.29, 1.82) is 0 Å². The Morgan fingerprint density at radius 1 is 1.15 bits per heavy atom. The van der Waals surface area contributed by atoms with Gasteiger partial charge < -0.3 is 15.3 Å². The van der Waals surface area contributed by atoms with Crippen LogP contribution in [0.25, 0.3) is 0 Å². The fourth-order valence-corrected chi connectivity index (χ4v) is 5.58. The highest BCUT2D eigenvalue weighted by Crippen LogP contribution is 2.47. The van der Waals surface area contributed by atoms with Gasteiger partial charge >= 0.3 is 0 Å². The van der Waals surface area contributed by atoms with E-state index in [9.17, 15) is 32.3 Å². The maximum absolute atomic E-state index is 15.0. The van der Waals surface area contributed by atoms with Gasteiger partial charge in [0.15, 0.2) is 0 Å². The van der Waals surface area contributed by atoms with Crippen molar-refractivity contribution < 1.29 is 32.3 Å². The zero-order chi connectivity index (χ0) is 27.9. The molecule has 3 heterocycles. The van der Waals surface area contributed by atoms with Crippen molar-refractivity contribution in [2.45, 2.75) is 43.8 Å². The molecule has 12 heteroatoms. The molecule has 1 aromatic carbocycles. The van der Waals surface area contributed by atoms with Crippen LogP contribution in [-0.2, 0) is 10.4 Å². The minimum absolute atomic E-state index is 0.0619. The first-order chi connectivity index (χ1) is 18.6. The van der Waals surface area contributed by atoms with Gasteiger partial charge in [-0.2, -0.15) is 0 Å². The van der Waals surface area contributed by atoms with Crippen molar-refractivity contribution >= 4 is 29.1 Å². The van der Waals surface area contributed by atoms with E-state index in [-0.39, 0.29) is 45.9 Å². The number of fused-ring (bicyclic) bond motifs is 1. The fraction of sp³-hybridized carbons (Fsp3) is 0.333. The SMILES string of the molecule is O=C(N[C@H]1CC[C@H](CN2C(=O)C(O)(c3ccncc3F)c3c(F)cccc32)CC1)c1cc(Cl)cnc1C(F)F. The van der Waals surface area contributed by atoms with E-state index in [2.05, 4.69) is 15.3 Å². The molecule has 2 aromatic heterocycles. The summed E-state index contributed by atoms with van der Waals surface area (Å²) in [6.45, 7) is 0.138. The molecule has 1 aliphatic carbocycles. The third-order valence-corrected chi connectivity index (χ3v) is 7.53. The molecule has 1 atom stereocenters. The second-order valence-electron chi connectivity index (χ2n) is 9.69. The number of pyridine rings is 2. The topological polar surface area (TPSA) is 95.4 Å². The number of nitrogens with zero attached hydrogens (tertiary/aromatic N) is 3. The lowest BCUT2D eigenvalue weighted by Crippen LogP contribution is -2.45. The van der Waals surface area contributed by atoms with Crippen LogP contribution >= 0.6 is 11.6 Å². The number of nitrogens with one attached hydrogen (secondary N) is 1. The molecule has 2 amide bonds. The summed E-state index contributed by atoms with van der Waals surface area (Å²) in [6, 6.07) is 6.00. The predicted octanol–water partition coefficient (Wildman–Crippen LogP) is 4.92. The molecular formula is C27H23ClF4N4O3. The van der Waals surface area contributed by atoms with Crippen molar-refractivity contribution in [3.63, 3.8) is 0 Å². The van der Waals surface area contributed by atoms with Gasteiger partial charge in [-0.3, -0.25) is 19.6 Å². The van der Waals surface area contributed by atoms with Crippen LogP contribution in [0, 0.1) is 17.6 Å². The summed E-state index contributed by atoms with van der Waals surface area (Å²) in [4.78, 5) is 34.7. The highest BCUT2D eigenvalue weighted by atomic mass is 35.5. The van der Waals surface area contributed by atoms with Gasteiger partial charge in [-0.1, -0.05) is 17.7 Å². The minimum atomic E-state index is -2.94. The highest BCUT2D eigenvalue weighted by molar-refractivity contribution is 6.30. The molecule has 3 aromatic rings. The standard InChI is InChI=1S/C27H23ClF4N4O3/c28-15-10-17(23(24(31)32)34-11-15)25(37)35-16-6-4-14(5-7-16)13-36-21-3-1-2-19(29)22(21)27(39,26(36)38)18-8-9-33-12-20(18)30/h1-3,8-12,14,16,24,39H,4-7,13H2,(H,35,37)/t14-,16-,27?. The molecule has 0 radical (unpaired) electrons. The number of aliphatic hydroxyl groups is 1. The molecule has 0 bridgehead atoms. The molecule has 0 spiro atoms. The van der Waals surface area contributed by atoms with Crippen molar-refractivity contribution in [3.8, 4) is 0 Å². The normalized spacial score (nSPS) is 22.7. The summed E-state index contributed by atoms with van der Waals surface area (Å²) in [5.41, 5.74) is -4.04. The lowest BCUT2D eigenvalue weighted by Gasteiger charge is -2.32. The Labute approximate surface area is 225 Å². The molecule has 204 valence electrons. The number of hydrogen-bond donors (Lipinski definition) is 2. The number of aromatic nitrogens is 2. The summed E-state index contributed by atoms with van der Waals surface area (Å²) in [6.07, 6.45) is 2.27. The number of hydrogen-bond acceptors (Lipinski definition) is 5. The summed E-state index contributed by atoms with van der Waals surface area (Å²) in [7, 11) is 0. The predicted molar refractivity (Wildman–Crippen MR) is 133 cm³/mol. The monoisotopic (exact) mass is 562 g/mol. The van der Waals surface area contributed by atoms with Crippen LogP contribution in [0.2, 0.25) is 5.02 Å². The quantitative estimate of drug-likeness (QED) is 0.416. The zero-order valence-corrected chi connectivity index (χ0v) is 21.1. The fourth-order valence-electron chi connectivity index (χ4n) is 5.42. The molecule has 7 nitrogen and oxygen atoms in total. The number of rotatable bonds is 6. The van der Waals surface area contributed by atoms with Crippen LogP contribution in [0.5, 0.6) is 0 Å². The lowest BCUT2D eigenvalue weighted by atomic mass is 9.85. The van der Waals surface area contributed by atoms with Gasteiger partial charge in [-0.25, -0.2) is 17.6 Å². The molecule has 39 heavy (non-hydrogen) atoms. The summed E-state index contributed by atoms with van der Waals surface area (Å²) < 4.78 is 56.2. The first-order valence-electron chi connectivity index (χ1n) is 12.3. The van der Waals surface area contributed by atoms with Crippen molar-refractivity contribution in [2.24, 2.45) is 5.92 Å². The van der Waals surface area contributed by atoms with E-state index in [0.29, 0.717) is 25.7 Å². The number of amides is 2.